The Hall–Kier alpha value is -2.14. The molecule has 1 fully saturated rings. The molecule has 1 aromatic carbocycles. The van der Waals surface area contributed by atoms with Gasteiger partial charge in [0.2, 0.25) is 5.91 Å². The van der Waals surface area contributed by atoms with E-state index < -0.39 is 5.97 Å². The average molecular weight is 275 g/mol. The monoisotopic (exact) mass is 275 g/mol. The van der Waals surface area contributed by atoms with Crippen LogP contribution in [-0.4, -0.2) is 47.7 Å². The fraction of sp³-hybridized carbons (Fsp3) is 0.333. The SMILES string of the molecule is C[C@@H]1CN(C(=O)/C=C/c2ccc(C(=O)O)cc2)CCO1. The topological polar surface area (TPSA) is 66.8 Å². The van der Waals surface area contributed by atoms with Gasteiger partial charge in [-0.15, -0.1) is 0 Å². The number of rotatable bonds is 3. The standard InChI is InChI=1S/C15H17NO4/c1-11-10-16(8-9-20-11)14(17)7-4-12-2-5-13(6-3-12)15(18)19/h2-7,11H,8-10H2,1H3,(H,18,19)/b7-4+/t11-/m1/s1. The van der Waals surface area contributed by atoms with Gasteiger partial charge in [-0.3, -0.25) is 4.79 Å². The van der Waals surface area contributed by atoms with Crippen LogP contribution in [0.2, 0.25) is 0 Å². The third-order valence-corrected chi connectivity index (χ3v) is 3.13. The minimum atomic E-state index is -0.959. The van der Waals surface area contributed by atoms with E-state index in [4.69, 9.17) is 9.84 Å². The van der Waals surface area contributed by atoms with Gasteiger partial charge < -0.3 is 14.7 Å². The summed E-state index contributed by atoms with van der Waals surface area (Å²) >= 11 is 0. The molecule has 0 aromatic heterocycles. The number of carboxylic acids is 1. The molecule has 1 N–H and O–H groups in total. The van der Waals surface area contributed by atoms with Crippen LogP contribution < -0.4 is 0 Å². The number of carbonyl (C=O) groups is 2. The van der Waals surface area contributed by atoms with Gasteiger partial charge in [0.25, 0.3) is 0 Å². The molecule has 0 saturated carbocycles. The lowest BCUT2D eigenvalue weighted by Gasteiger charge is -2.30. The third kappa shape index (κ3) is 3.68. The highest BCUT2D eigenvalue weighted by atomic mass is 16.5. The minimum Gasteiger partial charge on any atom is -0.478 e. The van der Waals surface area contributed by atoms with Gasteiger partial charge in [-0.25, -0.2) is 4.79 Å². The van der Waals surface area contributed by atoms with Gasteiger partial charge in [-0.05, 0) is 30.7 Å². The van der Waals surface area contributed by atoms with E-state index in [1.54, 1.807) is 23.1 Å². The van der Waals surface area contributed by atoms with Crippen molar-refractivity contribution in [1.29, 1.82) is 0 Å². The van der Waals surface area contributed by atoms with Crippen LogP contribution in [0.4, 0.5) is 0 Å². The summed E-state index contributed by atoms with van der Waals surface area (Å²) in [6.45, 7) is 3.70. The Morgan fingerprint density at radius 1 is 1.35 bits per heavy atom. The lowest BCUT2D eigenvalue weighted by Crippen LogP contribution is -2.43. The minimum absolute atomic E-state index is 0.0533. The first-order valence-electron chi connectivity index (χ1n) is 6.48. The summed E-state index contributed by atoms with van der Waals surface area (Å²) in [5.74, 6) is -1.01. The van der Waals surface area contributed by atoms with Crippen molar-refractivity contribution in [3.8, 4) is 0 Å². The quantitative estimate of drug-likeness (QED) is 0.852. The van der Waals surface area contributed by atoms with Crippen molar-refractivity contribution in [3.63, 3.8) is 0 Å². The normalized spacial score (nSPS) is 19.2. The molecule has 1 aliphatic rings. The molecule has 0 unspecified atom stereocenters. The first-order chi connectivity index (χ1) is 9.56. The van der Waals surface area contributed by atoms with E-state index in [0.29, 0.717) is 19.7 Å². The molecule has 0 aliphatic carbocycles. The molecule has 20 heavy (non-hydrogen) atoms. The fourth-order valence-corrected chi connectivity index (χ4v) is 2.03. The van der Waals surface area contributed by atoms with Crippen molar-refractivity contribution in [1.82, 2.24) is 4.90 Å². The van der Waals surface area contributed by atoms with E-state index in [1.807, 2.05) is 6.92 Å². The third-order valence-electron chi connectivity index (χ3n) is 3.13. The van der Waals surface area contributed by atoms with Crippen molar-refractivity contribution in [3.05, 3.63) is 41.5 Å². The predicted molar refractivity (Wildman–Crippen MR) is 74.4 cm³/mol. The number of nitrogens with zero attached hydrogens (tertiary/aromatic N) is 1. The lowest BCUT2D eigenvalue weighted by molar-refractivity contribution is -0.132. The Bertz CT molecular complexity index is 521. The van der Waals surface area contributed by atoms with Crippen LogP contribution in [0.3, 0.4) is 0 Å². The maximum absolute atomic E-state index is 12.0. The van der Waals surface area contributed by atoms with Crippen molar-refractivity contribution >= 4 is 18.0 Å². The predicted octanol–water partition coefficient (Wildman–Crippen LogP) is 1.65. The molecule has 5 nitrogen and oxygen atoms in total. The van der Waals surface area contributed by atoms with Crippen LogP contribution in [0.25, 0.3) is 6.08 Å². The molecule has 2 rings (SSSR count). The highest BCUT2D eigenvalue weighted by Crippen LogP contribution is 2.08. The molecular weight excluding hydrogens is 258 g/mol. The molecule has 1 saturated heterocycles. The van der Waals surface area contributed by atoms with Crippen molar-refractivity contribution in [2.24, 2.45) is 0 Å². The van der Waals surface area contributed by atoms with Gasteiger partial charge in [0.05, 0.1) is 18.3 Å². The number of carboxylic acid groups (broad SMARTS) is 1. The zero-order valence-electron chi connectivity index (χ0n) is 11.3. The summed E-state index contributed by atoms with van der Waals surface area (Å²) in [5.41, 5.74) is 1.03. The molecule has 0 radical (unpaired) electrons. The van der Waals surface area contributed by atoms with E-state index in [9.17, 15) is 9.59 Å². The van der Waals surface area contributed by atoms with E-state index in [-0.39, 0.29) is 17.6 Å². The molecule has 1 atom stereocenters. The molecule has 0 bridgehead atoms. The van der Waals surface area contributed by atoms with Gasteiger partial charge in [0, 0.05) is 19.2 Å². The second kappa shape index (κ2) is 6.34. The number of ether oxygens (including phenoxy) is 1. The Balaban J connectivity index is 1.97. The largest absolute Gasteiger partial charge is 0.478 e. The summed E-state index contributed by atoms with van der Waals surface area (Å²) in [4.78, 5) is 24.5. The highest BCUT2D eigenvalue weighted by molar-refractivity contribution is 5.92. The van der Waals surface area contributed by atoms with Crippen molar-refractivity contribution in [2.45, 2.75) is 13.0 Å². The first kappa shape index (κ1) is 14.3. The number of carbonyl (C=O) groups excluding carboxylic acids is 1. The van der Waals surface area contributed by atoms with Crippen molar-refractivity contribution in [2.75, 3.05) is 19.7 Å². The number of amides is 1. The molecular formula is C15H17NO4. The van der Waals surface area contributed by atoms with Crippen LogP contribution in [-0.2, 0) is 9.53 Å². The van der Waals surface area contributed by atoms with Crippen LogP contribution in [0.5, 0.6) is 0 Å². The molecule has 1 aromatic rings. The van der Waals surface area contributed by atoms with Gasteiger partial charge >= 0.3 is 5.97 Å². The summed E-state index contributed by atoms with van der Waals surface area (Å²) in [7, 11) is 0. The Morgan fingerprint density at radius 3 is 2.65 bits per heavy atom. The number of aromatic carboxylic acids is 1. The maximum atomic E-state index is 12.0. The molecule has 5 heteroatoms. The zero-order chi connectivity index (χ0) is 14.5. The van der Waals surface area contributed by atoms with Gasteiger partial charge in [0.15, 0.2) is 0 Å². The first-order valence-corrected chi connectivity index (χ1v) is 6.48. The number of morpholine rings is 1. The van der Waals surface area contributed by atoms with E-state index >= 15 is 0 Å². The number of benzene rings is 1. The molecule has 106 valence electrons. The molecule has 1 aliphatic heterocycles. The van der Waals surface area contributed by atoms with Crippen LogP contribution in [0.15, 0.2) is 30.3 Å². The Morgan fingerprint density at radius 2 is 2.05 bits per heavy atom. The zero-order valence-corrected chi connectivity index (χ0v) is 11.3. The smallest absolute Gasteiger partial charge is 0.335 e. The molecule has 1 amide bonds. The highest BCUT2D eigenvalue weighted by Gasteiger charge is 2.19. The lowest BCUT2D eigenvalue weighted by atomic mass is 10.1. The van der Waals surface area contributed by atoms with Crippen molar-refractivity contribution < 1.29 is 19.4 Å². The number of hydrogen-bond donors (Lipinski definition) is 1. The van der Waals surface area contributed by atoms with E-state index in [1.165, 1.54) is 18.2 Å². The van der Waals surface area contributed by atoms with E-state index in [2.05, 4.69) is 0 Å². The Labute approximate surface area is 117 Å². The van der Waals surface area contributed by atoms with Crippen LogP contribution in [0, 0.1) is 0 Å². The van der Waals surface area contributed by atoms with Gasteiger partial charge in [-0.2, -0.15) is 0 Å². The number of hydrogen-bond acceptors (Lipinski definition) is 3. The summed E-state index contributed by atoms with van der Waals surface area (Å²) in [5, 5.41) is 8.80. The fourth-order valence-electron chi connectivity index (χ4n) is 2.03. The molecule has 0 spiro atoms. The summed E-state index contributed by atoms with van der Waals surface area (Å²) in [6, 6.07) is 6.39. The van der Waals surface area contributed by atoms with E-state index in [0.717, 1.165) is 5.56 Å². The molecule has 1 heterocycles. The second-order valence-electron chi connectivity index (χ2n) is 4.73. The van der Waals surface area contributed by atoms with Gasteiger partial charge in [0.1, 0.15) is 0 Å². The van der Waals surface area contributed by atoms with Crippen LogP contribution >= 0.6 is 0 Å². The van der Waals surface area contributed by atoms with Crippen LogP contribution in [0.1, 0.15) is 22.8 Å². The second-order valence-corrected chi connectivity index (χ2v) is 4.73. The van der Waals surface area contributed by atoms with Gasteiger partial charge in [-0.1, -0.05) is 12.1 Å². The summed E-state index contributed by atoms with van der Waals surface area (Å²) in [6.07, 6.45) is 3.26. The average Bonchev–Trinajstić information content (AvgIpc) is 2.45. The maximum Gasteiger partial charge on any atom is 0.335 e. The Kier molecular flexibility index (Phi) is 4.53. The summed E-state index contributed by atoms with van der Waals surface area (Å²) < 4.78 is 5.38.